The molecule has 0 bridgehead atoms. The Labute approximate surface area is 153 Å². The molecule has 2 rings (SSSR count). The van der Waals surface area contributed by atoms with Crippen molar-refractivity contribution in [1.82, 2.24) is 5.32 Å². The summed E-state index contributed by atoms with van der Waals surface area (Å²) in [6.45, 7) is 4.29. The lowest BCUT2D eigenvalue weighted by atomic mass is 9.88. The Bertz CT molecular complexity index is 664. The molecule has 1 aromatic carbocycles. The Hall–Kier alpha value is -2.41. The van der Waals surface area contributed by atoms with Gasteiger partial charge in [0.2, 0.25) is 0 Å². The van der Waals surface area contributed by atoms with Crippen LogP contribution in [0, 0.1) is 0 Å². The van der Waals surface area contributed by atoms with Crippen molar-refractivity contribution in [2.75, 3.05) is 11.9 Å². The van der Waals surface area contributed by atoms with Crippen molar-refractivity contribution in [2.45, 2.75) is 57.6 Å². The van der Waals surface area contributed by atoms with E-state index in [4.69, 9.17) is 9.84 Å². The average Bonchev–Trinajstić information content (AvgIpc) is 3.15. The Balaban J connectivity index is 2.08. The third kappa shape index (κ3) is 5.05. The van der Waals surface area contributed by atoms with Crippen molar-refractivity contribution in [3.63, 3.8) is 0 Å². The second kappa shape index (κ2) is 8.80. The third-order valence-corrected chi connectivity index (χ3v) is 4.84. The van der Waals surface area contributed by atoms with Gasteiger partial charge in [-0.05, 0) is 43.9 Å². The number of carboxylic acid groups (broad SMARTS) is 1. The molecule has 1 unspecified atom stereocenters. The number of aliphatic carboxylic acids is 1. The first-order valence-electron chi connectivity index (χ1n) is 8.96. The van der Waals surface area contributed by atoms with E-state index in [1.54, 1.807) is 24.3 Å². The van der Waals surface area contributed by atoms with Gasteiger partial charge in [-0.25, -0.2) is 0 Å². The van der Waals surface area contributed by atoms with Crippen molar-refractivity contribution in [2.24, 2.45) is 0 Å². The fourth-order valence-electron chi connectivity index (χ4n) is 3.07. The van der Waals surface area contributed by atoms with Crippen molar-refractivity contribution >= 4 is 23.5 Å². The number of anilines is 1. The number of hydrogen-bond acceptors (Lipinski definition) is 4. The summed E-state index contributed by atoms with van der Waals surface area (Å²) in [5.41, 5.74) is 0.0848. The molecule has 1 aliphatic rings. The standard InChI is InChI=1S/C19H26N2O5/c1-3-19(4-2,12-16(22)23)21-17(24)13-7-5-8-14(11-13)20-18(25)15-9-6-10-26-15/h5,7-8,11,15H,3-4,6,9-10,12H2,1-2H3,(H,20,25)(H,21,24)(H,22,23). The molecule has 1 atom stereocenters. The van der Waals surface area contributed by atoms with Gasteiger partial charge in [-0.3, -0.25) is 14.4 Å². The second-order valence-electron chi connectivity index (χ2n) is 6.58. The SMILES string of the molecule is CCC(CC)(CC(=O)O)NC(=O)c1cccc(NC(=O)C2CCCO2)c1. The average molecular weight is 362 g/mol. The summed E-state index contributed by atoms with van der Waals surface area (Å²) in [6.07, 6.45) is 1.99. The number of carboxylic acids is 1. The number of hydrogen-bond donors (Lipinski definition) is 3. The summed E-state index contributed by atoms with van der Waals surface area (Å²) in [7, 11) is 0. The Morgan fingerprint density at radius 1 is 1.27 bits per heavy atom. The highest BCUT2D eigenvalue weighted by atomic mass is 16.5. The van der Waals surface area contributed by atoms with E-state index in [2.05, 4.69) is 10.6 Å². The highest BCUT2D eigenvalue weighted by Crippen LogP contribution is 2.22. The van der Waals surface area contributed by atoms with Crippen LogP contribution < -0.4 is 10.6 Å². The predicted molar refractivity (Wildman–Crippen MR) is 97.1 cm³/mol. The maximum absolute atomic E-state index is 12.6. The van der Waals surface area contributed by atoms with Gasteiger partial charge in [-0.1, -0.05) is 19.9 Å². The van der Waals surface area contributed by atoms with Crippen LogP contribution in [0.2, 0.25) is 0 Å². The van der Waals surface area contributed by atoms with Gasteiger partial charge in [0.05, 0.1) is 12.0 Å². The van der Waals surface area contributed by atoms with Crippen molar-refractivity contribution in [3.8, 4) is 0 Å². The van der Waals surface area contributed by atoms with Gasteiger partial charge in [0.15, 0.2) is 0 Å². The van der Waals surface area contributed by atoms with Crippen molar-refractivity contribution in [3.05, 3.63) is 29.8 Å². The summed E-state index contributed by atoms with van der Waals surface area (Å²) < 4.78 is 5.35. The predicted octanol–water partition coefficient (Wildman–Crippen LogP) is 2.57. The van der Waals surface area contributed by atoms with Crippen LogP contribution in [-0.4, -0.2) is 41.1 Å². The van der Waals surface area contributed by atoms with E-state index in [-0.39, 0.29) is 18.2 Å². The number of amides is 2. The second-order valence-corrected chi connectivity index (χ2v) is 6.58. The molecule has 1 saturated heterocycles. The first-order valence-corrected chi connectivity index (χ1v) is 8.96. The lowest BCUT2D eigenvalue weighted by Crippen LogP contribution is -2.49. The summed E-state index contributed by atoms with van der Waals surface area (Å²) in [4.78, 5) is 35.9. The molecule has 1 heterocycles. The Kier molecular flexibility index (Phi) is 6.74. The molecule has 7 heteroatoms. The molecule has 1 aromatic rings. The van der Waals surface area contributed by atoms with Crippen molar-refractivity contribution in [1.29, 1.82) is 0 Å². The van der Waals surface area contributed by atoms with Crippen LogP contribution in [0.25, 0.3) is 0 Å². The first-order chi connectivity index (χ1) is 12.4. The van der Waals surface area contributed by atoms with Crippen molar-refractivity contribution < 1.29 is 24.2 Å². The smallest absolute Gasteiger partial charge is 0.305 e. The number of nitrogens with one attached hydrogen (secondary N) is 2. The summed E-state index contributed by atoms with van der Waals surface area (Å²) >= 11 is 0. The van der Waals surface area contributed by atoms with Crippen LogP contribution in [0.4, 0.5) is 5.69 Å². The van der Waals surface area contributed by atoms with E-state index in [0.717, 1.165) is 6.42 Å². The maximum Gasteiger partial charge on any atom is 0.305 e. The molecule has 1 aliphatic heterocycles. The zero-order valence-corrected chi connectivity index (χ0v) is 15.2. The number of carbonyl (C=O) groups excluding carboxylic acids is 2. The van der Waals surface area contributed by atoms with Gasteiger partial charge >= 0.3 is 5.97 Å². The maximum atomic E-state index is 12.6. The molecule has 0 spiro atoms. The largest absolute Gasteiger partial charge is 0.481 e. The van der Waals surface area contributed by atoms with Gasteiger partial charge in [-0.15, -0.1) is 0 Å². The molecule has 2 amide bonds. The highest BCUT2D eigenvalue weighted by molar-refractivity contribution is 5.98. The molecule has 1 fully saturated rings. The topological polar surface area (TPSA) is 105 Å². The van der Waals surface area contributed by atoms with E-state index in [1.807, 2.05) is 13.8 Å². The lowest BCUT2D eigenvalue weighted by Gasteiger charge is -2.31. The van der Waals surface area contributed by atoms with E-state index in [9.17, 15) is 14.4 Å². The quantitative estimate of drug-likeness (QED) is 0.659. The van der Waals surface area contributed by atoms with Gasteiger partial charge in [-0.2, -0.15) is 0 Å². The zero-order valence-electron chi connectivity index (χ0n) is 15.2. The van der Waals surface area contributed by atoms with Crippen LogP contribution in [0.15, 0.2) is 24.3 Å². The lowest BCUT2D eigenvalue weighted by molar-refractivity contribution is -0.138. The molecule has 26 heavy (non-hydrogen) atoms. The van der Waals surface area contributed by atoms with Crippen LogP contribution in [-0.2, 0) is 14.3 Å². The number of rotatable bonds is 8. The highest BCUT2D eigenvalue weighted by Gasteiger charge is 2.31. The third-order valence-electron chi connectivity index (χ3n) is 4.84. The Morgan fingerprint density at radius 2 is 2.00 bits per heavy atom. The molecule has 0 aliphatic carbocycles. The molecular weight excluding hydrogens is 336 g/mol. The van der Waals surface area contributed by atoms with Gasteiger partial charge in [0.25, 0.3) is 11.8 Å². The van der Waals surface area contributed by atoms with Crippen LogP contribution in [0.1, 0.15) is 56.3 Å². The minimum atomic E-state index is -0.952. The first kappa shape index (κ1) is 19.9. The van der Waals surface area contributed by atoms with E-state index >= 15 is 0 Å². The fourth-order valence-corrected chi connectivity index (χ4v) is 3.07. The van der Waals surface area contributed by atoms with Crippen LogP contribution in [0.3, 0.4) is 0 Å². The summed E-state index contributed by atoms with van der Waals surface area (Å²) in [5.74, 6) is -1.53. The number of ether oxygens (including phenoxy) is 1. The minimum Gasteiger partial charge on any atom is -0.481 e. The molecule has 0 saturated carbocycles. The van der Waals surface area contributed by atoms with Crippen LogP contribution >= 0.6 is 0 Å². The molecule has 3 N–H and O–H groups in total. The normalized spacial score (nSPS) is 16.9. The minimum absolute atomic E-state index is 0.138. The van der Waals surface area contributed by atoms with Crippen LogP contribution in [0.5, 0.6) is 0 Å². The molecule has 0 aromatic heterocycles. The zero-order chi connectivity index (χ0) is 19.2. The van der Waals surface area contributed by atoms with Gasteiger partial charge < -0.3 is 20.5 Å². The van der Waals surface area contributed by atoms with Gasteiger partial charge in [0, 0.05) is 17.9 Å². The molecular formula is C19H26N2O5. The molecule has 142 valence electrons. The van der Waals surface area contributed by atoms with E-state index in [1.165, 1.54) is 0 Å². The van der Waals surface area contributed by atoms with Gasteiger partial charge in [0.1, 0.15) is 6.10 Å². The monoisotopic (exact) mass is 362 g/mol. The number of benzene rings is 1. The van der Waals surface area contributed by atoms with E-state index in [0.29, 0.717) is 37.1 Å². The fraction of sp³-hybridized carbons (Fsp3) is 0.526. The number of carbonyl (C=O) groups is 3. The van der Waals surface area contributed by atoms with E-state index < -0.39 is 17.6 Å². The molecule has 7 nitrogen and oxygen atoms in total. The summed E-state index contributed by atoms with van der Waals surface area (Å²) in [5, 5.41) is 14.8. The summed E-state index contributed by atoms with van der Waals surface area (Å²) in [6, 6.07) is 6.59. The Morgan fingerprint density at radius 3 is 2.58 bits per heavy atom. The molecule has 0 radical (unpaired) electrons.